The highest BCUT2D eigenvalue weighted by molar-refractivity contribution is 7.98. The molecule has 2 aromatic rings. The minimum Gasteiger partial charge on any atom is -0.454 e. The van der Waals surface area contributed by atoms with Crippen LogP contribution in [0, 0.1) is 0 Å². The van der Waals surface area contributed by atoms with E-state index in [1.165, 1.54) is 0 Å². The lowest BCUT2D eigenvalue weighted by atomic mass is 10.1. The molecule has 2 aromatic carbocycles. The van der Waals surface area contributed by atoms with Gasteiger partial charge in [0.1, 0.15) is 0 Å². The van der Waals surface area contributed by atoms with Gasteiger partial charge >= 0.3 is 5.97 Å². The van der Waals surface area contributed by atoms with Gasteiger partial charge in [0.25, 0.3) is 0 Å². The Morgan fingerprint density at radius 1 is 0.960 bits per heavy atom. The van der Waals surface area contributed by atoms with Crippen LogP contribution in [0.1, 0.15) is 34.1 Å². The molecule has 0 bridgehead atoms. The van der Waals surface area contributed by atoms with E-state index in [0.717, 1.165) is 4.90 Å². The van der Waals surface area contributed by atoms with Crippen LogP contribution in [-0.2, 0) is 9.53 Å². The molecule has 0 heterocycles. The summed E-state index contributed by atoms with van der Waals surface area (Å²) < 4.78 is 5.06. The summed E-state index contributed by atoms with van der Waals surface area (Å²) in [7, 11) is 0. The number of hydrogen-bond donors (Lipinski definition) is 1. The maximum Gasteiger partial charge on any atom is 0.338 e. The molecule has 0 saturated carbocycles. The zero-order chi connectivity index (χ0) is 18.2. The molecule has 0 saturated heterocycles. The van der Waals surface area contributed by atoms with Crippen LogP contribution in [0.3, 0.4) is 0 Å². The van der Waals surface area contributed by atoms with E-state index < -0.39 is 5.97 Å². The molecule has 0 radical (unpaired) electrons. The Morgan fingerprint density at radius 3 is 2.12 bits per heavy atom. The highest BCUT2D eigenvalue weighted by Crippen LogP contribution is 2.15. The van der Waals surface area contributed by atoms with Gasteiger partial charge in [-0.2, -0.15) is 0 Å². The number of ether oxygens (including phenoxy) is 1. The molecular weight excluding hydrogens is 338 g/mol. The summed E-state index contributed by atoms with van der Waals surface area (Å²) in [5, 5.41) is 2.70. The first-order valence-electron chi connectivity index (χ1n) is 7.77. The minimum atomic E-state index is -0.534. The molecule has 0 aliphatic heterocycles. The highest BCUT2D eigenvalue weighted by Gasteiger charge is 2.12. The molecule has 0 aromatic heterocycles. The molecule has 1 amide bonds. The maximum atomic E-state index is 12.1. The molecule has 0 spiro atoms. The first-order valence-corrected chi connectivity index (χ1v) is 9.00. The van der Waals surface area contributed by atoms with Crippen LogP contribution in [-0.4, -0.2) is 30.5 Å². The zero-order valence-electron chi connectivity index (χ0n) is 14.1. The van der Waals surface area contributed by atoms with Gasteiger partial charge in [0.2, 0.25) is 5.91 Å². The lowest BCUT2D eigenvalue weighted by Gasteiger charge is -2.07. The average Bonchev–Trinajstić information content (AvgIpc) is 2.66. The van der Waals surface area contributed by atoms with Crippen LogP contribution < -0.4 is 5.32 Å². The quantitative estimate of drug-likeness (QED) is 0.464. The third-order valence-corrected chi connectivity index (χ3v) is 4.22. The van der Waals surface area contributed by atoms with Crippen molar-refractivity contribution in [2.24, 2.45) is 0 Å². The largest absolute Gasteiger partial charge is 0.454 e. The van der Waals surface area contributed by atoms with E-state index in [1.807, 2.05) is 18.4 Å². The molecule has 0 fully saturated rings. The number of anilines is 1. The van der Waals surface area contributed by atoms with E-state index >= 15 is 0 Å². The topological polar surface area (TPSA) is 72.5 Å². The van der Waals surface area contributed by atoms with Gasteiger partial charge in [-0.25, -0.2) is 4.79 Å². The van der Waals surface area contributed by atoms with E-state index in [0.29, 0.717) is 23.2 Å². The number of rotatable bonds is 7. The number of nitrogens with one attached hydrogen (secondary N) is 1. The molecule has 2 rings (SSSR count). The Hall–Kier alpha value is -2.60. The van der Waals surface area contributed by atoms with Crippen LogP contribution in [0.2, 0.25) is 0 Å². The Bertz CT molecular complexity index is 754. The van der Waals surface area contributed by atoms with Crippen molar-refractivity contribution in [2.45, 2.75) is 18.2 Å². The van der Waals surface area contributed by atoms with Gasteiger partial charge in [-0.1, -0.05) is 6.92 Å². The summed E-state index contributed by atoms with van der Waals surface area (Å²) in [6.45, 7) is 1.43. The standard InChI is InChI=1S/C19H19NO4S/c1-3-18(22)20-15-8-4-13(5-9-15)17(21)12-24-19(23)14-6-10-16(25-2)11-7-14/h4-11H,3,12H2,1-2H3,(H,20,22). The number of benzene rings is 2. The summed E-state index contributed by atoms with van der Waals surface area (Å²) >= 11 is 1.58. The number of carbonyl (C=O) groups excluding carboxylic acids is 3. The fourth-order valence-corrected chi connectivity index (χ4v) is 2.42. The number of Topliss-reactive ketones (excluding diaryl/α,β-unsaturated/α-hetero) is 1. The Labute approximate surface area is 150 Å². The molecule has 6 heteroatoms. The second-order valence-electron chi connectivity index (χ2n) is 5.21. The Balaban J connectivity index is 1.90. The van der Waals surface area contributed by atoms with Gasteiger partial charge in [0.05, 0.1) is 5.56 Å². The third-order valence-electron chi connectivity index (χ3n) is 3.47. The van der Waals surface area contributed by atoms with Gasteiger partial charge < -0.3 is 10.1 Å². The second-order valence-corrected chi connectivity index (χ2v) is 6.09. The van der Waals surface area contributed by atoms with Crippen LogP contribution in [0.15, 0.2) is 53.4 Å². The monoisotopic (exact) mass is 357 g/mol. The van der Waals surface area contributed by atoms with Crippen LogP contribution in [0.5, 0.6) is 0 Å². The SMILES string of the molecule is CCC(=O)Nc1ccc(C(=O)COC(=O)c2ccc(SC)cc2)cc1. The third kappa shape index (κ3) is 5.46. The van der Waals surface area contributed by atoms with Crippen molar-refractivity contribution >= 4 is 35.1 Å². The molecule has 0 atom stereocenters. The molecular formula is C19H19NO4S. The van der Waals surface area contributed by atoms with Crippen molar-refractivity contribution in [1.29, 1.82) is 0 Å². The molecule has 25 heavy (non-hydrogen) atoms. The molecule has 0 unspecified atom stereocenters. The molecule has 0 aliphatic carbocycles. The van der Waals surface area contributed by atoms with E-state index in [9.17, 15) is 14.4 Å². The predicted molar refractivity (Wildman–Crippen MR) is 98.2 cm³/mol. The van der Waals surface area contributed by atoms with Gasteiger partial charge in [-0.3, -0.25) is 9.59 Å². The van der Waals surface area contributed by atoms with Crippen molar-refractivity contribution < 1.29 is 19.1 Å². The molecule has 0 aliphatic rings. The van der Waals surface area contributed by atoms with E-state index in [4.69, 9.17) is 4.74 Å². The Morgan fingerprint density at radius 2 is 1.56 bits per heavy atom. The average molecular weight is 357 g/mol. The fraction of sp³-hybridized carbons (Fsp3) is 0.211. The molecule has 5 nitrogen and oxygen atoms in total. The van der Waals surface area contributed by atoms with Gasteiger partial charge in [-0.15, -0.1) is 11.8 Å². The molecule has 130 valence electrons. The van der Waals surface area contributed by atoms with Crippen molar-refractivity contribution in [3.05, 3.63) is 59.7 Å². The number of thioether (sulfide) groups is 1. The van der Waals surface area contributed by atoms with E-state index in [1.54, 1.807) is 55.1 Å². The smallest absolute Gasteiger partial charge is 0.338 e. The van der Waals surface area contributed by atoms with Crippen molar-refractivity contribution in [2.75, 3.05) is 18.2 Å². The summed E-state index contributed by atoms with van der Waals surface area (Å²) in [4.78, 5) is 36.4. The number of amides is 1. The van der Waals surface area contributed by atoms with Gasteiger partial charge in [0, 0.05) is 22.6 Å². The summed E-state index contributed by atoms with van der Waals surface area (Å²) in [6, 6.07) is 13.5. The maximum absolute atomic E-state index is 12.1. The van der Waals surface area contributed by atoms with Gasteiger partial charge in [0.15, 0.2) is 12.4 Å². The lowest BCUT2D eigenvalue weighted by molar-refractivity contribution is -0.115. The Kier molecular flexibility index (Phi) is 6.77. The number of hydrogen-bond acceptors (Lipinski definition) is 5. The second kappa shape index (κ2) is 9.03. The van der Waals surface area contributed by atoms with Crippen LogP contribution >= 0.6 is 11.8 Å². The van der Waals surface area contributed by atoms with Crippen LogP contribution in [0.25, 0.3) is 0 Å². The predicted octanol–water partition coefficient (Wildman–Crippen LogP) is 3.80. The highest BCUT2D eigenvalue weighted by atomic mass is 32.2. The lowest BCUT2D eigenvalue weighted by Crippen LogP contribution is -2.14. The van der Waals surface area contributed by atoms with Crippen molar-refractivity contribution in [3.8, 4) is 0 Å². The number of esters is 1. The normalized spacial score (nSPS) is 10.2. The number of ketones is 1. The minimum absolute atomic E-state index is 0.0968. The van der Waals surface area contributed by atoms with Gasteiger partial charge in [-0.05, 0) is 54.8 Å². The van der Waals surface area contributed by atoms with E-state index in [2.05, 4.69) is 5.32 Å². The van der Waals surface area contributed by atoms with Crippen molar-refractivity contribution in [1.82, 2.24) is 0 Å². The summed E-state index contributed by atoms with van der Waals surface area (Å²) in [6.07, 6.45) is 2.33. The molecule has 1 N–H and O–H groups in total. The van der Waals surface area contributed by atoms with E-state index in [-0.39, 0.29) is 18.3 Å². The number of carbonyl (C=O) groups is 3. The summed E-state index contributed by atoms with van der Waals surface area (Å²) in [5.74, 6) is -0.934. The fourth-order valence-electron chi connectivity index (χ4n) is 2.01. The zero-order valence-corrected chi connectivity index (χ0v) is 14.9. The first kappa shape index (κ1) is 18.7. The first-order chi connectivity index (χ1) is 12.0. The summed E-state index contributed by atoms with van der Waals surface area (Å²) in [5.41, 5.74) is 1.44. The van der Waals surface area contributed by atoms with Crippen LogP contribution in [0.4, 0.5) is 5.69 Å². The van der Waals surface area contributed by atoms with Crippen molar-refractivity contribution in [3.63, 3.8) is 0 Å².